The third kappa shape index (κ3) is 4.46. The molecule has 0 spiro atoms. The summed E-state index contributed by atoms with van der Waals surface area (Å²) in [6.45, 7) is 4.58. The second-order valence-corrected chi connectivity index (χ2v) is 6.10. The van der Waals surface area contributed by atoms with Crippen LogP contribution in [-0.4, -0.2) is 31.7 Å². The first-order chi connectivity index (χ1) is 12.6. The fourth-order valence-electron chi connectivity index (χ4n) is 2.75. The molecule has 9 nitrogen and oxygen atoms in total. The number of nitro groups is 1. The van der Waals surface area contributed by atoms with Gasteiger partial charge in [-0.15, -0.1) is 0 Å². The number of nitrogens with one attached hydrogen (secondary N) is 1. The number of nitrogens with zero attached hydrogens (tertiary/aromatic N) is 3. The largest absolute Gasteiger partial charge is 0.479 e. The Labute approximate surface area is 154 Å². The van der Waals surface area contributed by atoms with E-state index in [1.54, 1.807) is 0 Å². The number of carboxylic acids is 1. The number of hydrogen-bond donors (Lipinski definition) is 2. The Bertz CT molecular complexity index is 909. The van der Waals surface area contributed by atoms with Crippen LogP contribution in [0.15, 0.2) is 18.2 Å². The third-order valence-electron chi connectivity index (χ3n) is 4.14. The Kier molecular flexibility index (Phi) is 5.88. The van der Waals surface area contributed by atoms with E-state index in [4.69, 9.17) is 0 Å². The maximum atomic E-state index is 13.4. The Morgan fingerprint density at radius 2 is 2.04 bits per heavy atom. The average Bonchev–Trinajstić information content (AvgIpc) is 2.87. The molecule has 1 heterocycles. The fraction of sp³-hybridized carbons (Fsp3) is 0.353. The van der Waals surface area contributed by atoms with E-state index in [9.17, 15) is 29.2 Å². The highest BCUT2D eigenvalue weighted by Crippen LogP contribution is 2.22. The van der Waals surface area contributed by atoms with Crippen LogP contribution in [0, 0.1) is 36.7 Å². The molecule has 1 unspecified atom stereocenters. The Morgan fingerprint density at radius 1 is 1.37 bits per heavy atom. The first-order valence-electron chi connectivity index (χ1n) is 8.08. The minimum atomic E-state index is -1.33. The lowest BCUT2D eigenvalue weighted by Crippen LogP contribution is -2.34. The van der Waals surface area contributed by atoms with E-state index < -0.39 is 28.7 Å². The second kappa shape index (κ2) is 7.94. The molecule has 1 aromatic carbocycles. The smallest absolute Gasteiger partial charge is 0.330 e. The van der Waals surface area contributed by atoms with Gasteiger partial charge in [-0.3, -0.25) is 19.6 Å². The van der Waals surface area contributed by atoms with Crippen molar-refractivity contribution < 1.29 is 24.0 Å². The Balaban J connectivity index is 2.09. The molecule has 0 bridgehead atoms. The van der Waals surface area contributed by atoms with Crippen LogP contribution in [-0.2, 0) is 16.1 Å². The molecule has 10 heteroatoms. The molecule has 0 radical (unpaired) electrons. The van der Waals surface area contributed by atoms with E-state index in [2.05, 4.69) is 10.4 Å². The van der Waals surface area contributed by atoms with Crippen LogP contribution in [0.2, 0.25) is 0 Å². The van der Waals surface area contributed by atoms with Crippen molar-refractivity contribution in [2.45, 2.75) is 39.8 Å². The number of amides is 1. The van der Waals surface area contributed by atoms with Crippen LogP contribution < -0.4 is 5.32 Å². The van der Waals surface area contributed by atoms with Gasteiger partial charge in [0.25, 0.3) is 0 Å². The van der Waals surface area contributed by atoms with Gasteiger partial charge < -0.3 is 10.4 Å². The number of carbonyl (C=O) groups is 2. The molecule has 0 aliphatic heterocycles. The highest BCUT2D eigenvalue weighted by molar-refractivity contribution is 5.84. The van der Waals surface area contributed by atoms with Crippen molar-refractivity contribution in [1.29, 1.82) is 0 Å². The highest BCUT2D eigenvalue weighted by Gasteiger charge is 2.24. The molecule has 1 atom stereocenters. The Hall–Kier alpha value is -3.30. The van der Waals surface area contributed by atoms with E-state index in [0.29, 0.717) is 5.69 Å². The number of hydrogen-bond acceptors (Lipinski definition) is 5. The summed E-state index contributed by atoms with van der Waals surface area (Å²) in [6, 6.07) is 2.47. The summed E-state index contributed by atoms with van der Waals surface area (Å²) < 4.78 is 14.7. The summed E-state index contributed by atoms with van der Waals surface area (Å²) in [5.74, 6) is -2.32. The Morgan fingerprint density at radius 3 is 2.56 bits per heavy atom. The highest BCUT2D eigenvalue weighted by atomic mass is 19.1. The van der Waals surface area contributed by atoms with Crippen molar-refractivity contribution in [3.63, 3.8) is 0 Å². The van der Waals surface area contributed by atoms with E-state index in [-0.39, 0.29) is 35.5 Å². The quantitative estimate of drug-likeness (QED) is 0.561. The molecule has 1 amide bonds. The van der Waals surface area contributed by atoms with Gasteiger partial charge >= 0.3 is 11.7 Å². The zero-order valence-electron chi connectivity index (χ0n) is 15.0. The van der Waals surface area contributed by atoms with E-state index >= 15 is 0 Å². The molecule has 1 aromatic heterocycles. The number of aromatic nitrogens is 2. The maximum Gasteiger partial charge on any atom is 0.330 e. The summed E-state index contributed by atoms with van der Waals surface area (Å²) in [6.07, 6.45) is -0.122. The molecule has 27 heavy (non-hydrogen) atoms. The van der Waals surface area contributed by atoms with Crippen molar-refractivity contribution in [1.82, 2.24) is 15.1 Å². The van der Waals surface area contributed by atoms with E-state index in [1.165, 1.54) is 37.6 Å². The van der Waals surface area contributed by atoms with Crippen molar-refractivity contribution in [3.8, 4) is 0 Å². The number of carboxylic acid groups (broad SMARTS) is 1. The maximum absolute atomic E-state index is 13.4. The van der Waals surface area contributed by atoms with Gasteiger partial charge in [-0.1, -0.05) is 12.1 Å². The van der Waals surface area contributed by atoms with Crippen LogP contribution >= 0.6 is 0 Å². The zero-order chi connectivity index (χ0) is 20.3. The molecule has 144 valence electrons. The standard InChI is InChI=1S/C17H19FN4O5/c1-9-8-12(4-5-13(9)18)15(17(24)25)19-14(23)6-7-21-11(3)16(22(26)27)10(2)20-21/h4-5,8,15H,6-7H2,1-3H3,(H,19,23)(H,24,25). The van der Waals surface area contributed by atoms with Gasteiger partial charge in [-0.05, 0) is 38.0 Å². The van der Waals surface area contributed by atoms with Crippen LogP contribution in [0.1, 0.15) is 35.0 Å². The van der Waals surface area contributed by atoms with Gasteiger partial charge in [0.15, 0.2) is 6.04 Å². The second-order valence-electron chi connectivity index (χ2n) is 6.10. The summed E-state index contributed by atoms with van der Waals surface area (Å²) >= 11 is 0. The fourth-order valence-corrected chi connectivity index (χ4v) is 2.75. The molecule has 2 aromatic rings. The lowest BCUT2D eigenvalue weighted by molar-refractivity contribution is -0.386. The minimum Gasteiger partial charge on any atom is -0.479 e. The molecule has 0 saturated heterocycles. The van der Waals surface area contributed by atoms with Gasteiger partial charge in [-0.2, -0.15) is 5.10 Å². The lowest BCUT2D eigenvalue weighted by Gasteiger charge is -2.16. The van der Waals surface area contributed by atoms with Gasteiger partial charge in [0.1, 0.15) is 17.2 Å². The molecule has 2 rings (SSSR count). The SMILES string of the molecule is Cc1cc(C(NC(=O)CCn2nc(C)c([N+](=O)[O-])c2C)C(=O)O)ccc1F. The predicted molar refractivity (Wildman–Crippen MR) is 92.6 cm³/mol. The molecule has 2 N–H and O–H groups in total. The van der Waals surface area contributed by atoms with Gasteiger partial charge in [-0.25, -0.2) is 9.18 Å². The van der Waals surface area contributed by atoms with Gasteiger partial charge in [0.2, 0.25) is 5.91 Å². The van der Waals surface area contributed by atoms with Crippen LogP contribution in [0.3, 0.4) is 0 Å². The lowest BCUT2D eigenvalue weighted by atomic mass is 10.0. The summed E-state index contributed by atoms with van der Waals surface area (Å²) in [5, 5.41) is 26.8. The summed E-state index contributed by atoms with van der Waals surface area (Å²) in [5.41, 5.74) is 0.956. The molecular formula is C17H19FN4O5. The van der Waals surface area contributed by atoms with E-state index in [0.717, 1.165) is 6.07 Å². The van der Waals surface area contributed by atoms with Crippen molar-refractivity contribution in [3.05, 3.63) is 56.6 Å². The topological polar surface area (TPSA) is 127 Å². The normalized spacial score (nSPS) is 11.9. The number of benzene rings is 1. The number of aryl methyl sites for hydroxylation is 3. The van der Waals surface area contributed by atoms with Crippen LogP contribution in [0.25, 0.3) is 0 Å². The summed E-state index contributed by atoms with van der Waals surface area (Å²) in [7, 11) is 0. The number of halogens is 1. The van der Waals surface area contributed by atoms with Crippen molar-refractivity contribution >= 4 is 17.6 Å². The number of carbonyl (C=O) groups excluding carboxylic acids is 1. The number of rotatable bonds is 7. The van der Waals surface area contributed by atoms with Gasteiger partial charge in [0.05, 0.1) is 11.5 Å². The zero-order valence-corrected chi connectivity index (χ0v) is 15.0. The average molecular weight is 378 g/mol. The molecule has 0 fully saturated rings. The van der Waals surface area contributed by atoms with Crippen molar-refractivity contribution in [2.75, 3.05) is 0 Å². The van der Waals surface area contributed by atoms with E-state index in [1.807, 2.05) is 0 Å². The van der Waals surface area contributed by atoms with Crippen molar-refractivity contribution in [2.24, 2.45) is 0 Å². The molecule has 0 saturated carbocycles. The third-order valence-corrected chi connectivity index (χ3v) is 4.14. The molecule has 0 aliphatic carbocycles. The first kappa shape index (κ1) is 20.0. The molecule has 0 aliphatic rings. The minimum absolute atomic E-state index is 0.0567. The first-order valence-corrected chi connectivity index (χ1v) is 8.08. The number of aliphatic carboxylic acids is 1. The monoisotopic (exact) mass is 378 g/mol. The summed E-state index contributed by atoms with van der Waals surface area (Å²) in [4.78, 5) is 34.1. The van der Waals surface area contributed by atoms with Crippen LogP contribution in [0.5, 0.6) is 0 Å². The van der Waals surface area contributed by atoms with Gasteiger partial charge in [0, 0.05) is 6.42 Å². The molecular weight excluding hydrogens is 359 g/mol. The van der Waals surface area contributed by atoms with Crippen LogP contribution in [0.4, 0.5) is 10.1 Å². The predicted octanol–water partition coefficient (Wildman–Crippen LogP) is 2.19.